The van der Waals surface area contributed by atoms with E-state index >= 15 is 0 Å². The summed E-state index contributed by atoms with van der Waals surface area (Å²) in [4.78, 5) is 14.5. The molecule has 1 saturated heterocycles. The van der Waals surface area contributed by atoms with E-state index in [1.54, 1.807) is 6.33 Å². The Morgan fingerprint density at radius 2 is 1.92 bits per heavy atom. The molecule has 25 heavy (non-hydrogen) atoms. The minimum Gasteiger partial charge on any atom is -0.379 e. The molecule has 5 rings (SSSR count). The number of nitrogens with one attached hydrogen (secondary N) is 1. The number of nitrogens with zero attached hydrogens (tertiary/aromatic N) is 3. The number of thiophene rings is 1. The number of aryl methyl sites for hydroxylation is 2. The van der Waals surface area contributed by atoms with Crippen LogP contribution in [0.25, 0.3) is 10.2 Å². The van der Waals surface area contributed by atoms with Crippen molar-refractivity contribution in [1.82, 2.24) is 14.9 Å². The molecule has 0 aromatic carbocycles. The zero-order valence-corrected chi connectivity index (χ0v) is 15.5. The first-order valence-electron chi connectivity index (χ1n) is 9.72. The van der Waals surface area contributed by atoms with E-state index < -0.39 is 0 Å². The molecule has 2 aromatic rings. The molecule has 6 heteroatoms. The van der Waals surface area contributed by atoms with Gasteiger partial charge in [-0.25, -0.2) is 9.97 Å². The predicted molar refractivity (Wildman–Crippen MR) is 101 cm³/mol. The third kappa shape index (κ3) is 3.04. The first-order valence-corrected chi connectivity index (χ1v) is 10.5. The molecule has 0 atom stereocenters. The summed E-state index contributed by atoms with van der Waals surface area (Å²) >= 11 is 1.87. The Morgan fingerprint density at radius 3 is 2.76 bits per heavy atom. The van der Waals surface area contributed by atoms with Crippen molar-refractivity contribution in [3.63, 3.8) is 0 Å². The van der Waals surface area contributed by atoms with Crippen LogP contribution in [0.4, 0.5) is 5.82 Å². The second kappa shape index (κ2) is 6.82. The van der Waals surface area contributed by atoms with Crippen LogP contribution in [0, 0.1) is 0 Å². The number of aromatic nitrogens is 2. The summed E-state index contributed by atoms with van der Waals surface area (Å²) in [7, 11) is 0. The molecule has 0 radical (unpaired) electrons. The number of morpholine rings is 1. The van der Waals surface area contributed by atoms with Crippen LogP contribution in [0.1, 0.15) is 42.5 Å². The van der Waals surface area contributed by atoms with Gasteiger partial charge in [-0.3, -0.25) is 4.90 Å². The van der Waals surface area contributed by atoms with Crippen LogP contribution in [0.15, 0.2) is 6.33 Å². The van der Waals surface area contributed by atoms with Crippen molar-refractivity contribution in [2.24, 2.45) is 0 Å². The lowest BCUT2D eigenvalue weighted by Gasteiger charge is -2.39. The fourth-order valence-corrected chi connectivity index (χ4v) is 5.99. The topological polar surface area (TPSA) is 50.3 Å². The van der Waals surface area contributed by atoms with Crippen LogP contribution < -0.4 is 5.32 Å². The summed E-state index contributed by atoms with van der Waals surface area (Å²) in [6.45, 7) is 4.02. The Kier molecular flexibility index (Phi) is 4.36. The summed E-state index contributed by atoms with van der Waals surface area (Å²) in [6, 6.07) is 1.30. The molecular formula is C19H26N4OS. The number of hydrogen-bond donors (Lipinski definition) is 1. The molecule has 2 aromatic heterocycles. The maximum Gasteiger partial charge on any atom is 0.138 e. The monoisotopic (exact) mass is 358 g/mol. The lowest BCUT2D eigenvalue weighted by molar-refractivity contribution is 0.00791. The molecule has 0 spiro atoms. The average Bonchev–Trinajstić information content (AvgIpc) is 3.24. The number of ether oxygens (including phenoxy) is 1. The third-order valence-corrected chi connectivity index (χ3v) is 7.30. The van der Waals surface area contributed by atoms with Gasteiger partial charge in [0.15, 0.2) is 0 Å². The highest BCUT2D eigenvalue weighted by Gasteiger charge is 2.28. The molecule has 0 bridgehead atoms. The molecule has 3 heterocycles. The molecule has 2 aliphatic carbocycles. The van der Waals surface area contributed by atoms with Crippen molar-refractivity contribution in [2.75, 3.05) is 31.6 Å². The van der Waals surface area contributed by atoms with Gasteiger partial charge in [0.05, 0.1) is 18.6 Å². The van der Waals surface area contributed by atoms with Gasteiger partial charge in [0, 0.05) is 30.1 Å². The first-order chi connectivity index (χ1) is 12.4. The molecule has 2 fully saturated rings. The molecule has 1 N–H and O–H groups in total. The second-order valence-electron chi connectivity index (χ2n) is 7.56. The number of hydrogen-bond acceptors (Lipinski definition) is 6. The average molecular weight is 359 g/mol. The van der Waals surface area contributed by atoms with Gasteiger partial charge in [-0.05, 0) is 50.5 Å². The molecule has 0 amide bonds. The quantitative estimate of drug-likeness (QED) is 0.913. The number of anilines is 1. The van der Waals surface area contributed by atoms with Crippen molar-refractivity contribution >= 4 is 27.4 Å². The van der Waals surface area contributed by atoms with E-state index in [0.717, 1.165) is 38.2 Å². The second-order valence-corrected chi connectivity index (χ2v) is 8.64. The third-order valence-electron chi connectivity index (χ3n) is 6.10. The minimum atomic E-state index is 0.548. The SMILES string of the molecule is c1nc(N[C@H]2CC[C@@H](N3CCOCC3)CC2)c2c3c(sc2n1)CCC3. The van der Waals surface area contributed by atoms with Gasteiger partial charge >= 0.3 is 0 Å². The van der Waals surface area contributed by atoms with Gasteiger partial charge in [0.2, 0.25) is 0 Å². The van der Waals surface area contributed by atoms with Gasteiger partial charge in [0.25, 0.3) is 0 Å². The number of fused-ring (bicyclic) bond motifs is 3. The zero-order valence-electron chi connectivity index (χ0n) is 14.7. The standard InChI is InChI=1S/C19H26N4OS/c1-2-15-16(3-1)25-19-17(15)18(20-12-21-19)22-13-4-6-14(7-5-13)23-8-10-24-11-9-23/h12-14H,1-11H2,(H,20,21,22)/t13-,14+. The Labute approximate surface area is 152 Å². The maximum absolute atomic E-state index is 5.49. The van der Waals surface area contributed by atoms with Gasteiger partial charge < -0.3 is 10.1 Å². The summed E-state index contributed by atoms with van der Waals surface area (Å²) in [5.74, 6) is 1.08. The smallest absolute Gasteiger partial charge is 0.138 e. The van der Waals surface area contributed by atoms with Crippen LogP contribution >= 0.6 is 11.3 Å². The molecule has 5 nitrogen and oxygen atoms in total. The van der Waals surface area contributed by atoms with E-state index in [2.05, 4.69) is 20.2 Å². The van der Waals surface area contributed by atoms with E-state index in [4.69, 9.17) is 4.74 Å². The van der Waals surface area contributed by atoms with Crippen molar-refractivity contribution in [2.45, 2.75) is 57.0 Å². The van der Waals surface area contributed by atoms with Crippen molar-refractivity contribution in [3.05, 3.63) is 16.8 Å². The summed E-state index contributed by atoms with van der Waals surface area (Å²) in [5.41, 5.74) is 1.52. The lowest BCUT2D eigenvalue weighted by Crippen LogP contribution is -2.46. The molecule has 1 saturated carbocycles. The molecule has 0 unspecified atom stereocenters. The Balaban J connectivity index is 1.28. The van der Waals surface area contributed by atoms with Crippen LogP contribution in [0.5, 0.6) is 0 Å². The largest absolute Gasteiger partial charge is 0.379 e. The van der Waals surface area contributed by atoms with Crippen LogP contribution in [-0.2, 0) is 17.6 Å². The number of rotatable bonds is 3. The van der Waals surface area contributed by atoms with Gasteiger partial charge in [0.1, 0.15) is 17.0 Å². The fourth-order valence-electron chi connectivity index (χ4n) is 4.76. The van der Waals surface area contributed by atoms with E-state index in [-0.39, 0.29) is 0 Å². The summed E-state index contributed by atoms with van der Waals surface area (Å²) in [5, 5.41) is 5.09. The zero-order chi connectivity index (χ0) is 16.6. The van der Waals surface area contributed by atoms with E-state index in [1.165, 1.54) is 65.6 Å². The Hall–Kier alpha value is -1.24. The van der Waals surface area contributed by atoms with Crippen molar-refractivity contribution < 1.29 is 4.74 Å². The minimum absolute atomic E-state index is 0.548. The highest BCUT2D eigenvalue weighted by Crippen LogP contribution is 2.39. The van der Waals surface area contributed by atoms with E-state index in [0.29, 0.717) is 6.04 Å². The predicted octanol–water partition coefficient (Wildman–Crippen LogP) is 3.24. The summed E-state index contributed by atoms with van der Waals surface area (Å²) < 4.78 is 5.49. The molecule has 3 aliphatic rings. The maximum atomic E-state index is 5.49. The Morgan fingerprint density at radius 1 is 1.08 bits per heavy atom. The van der Waals surface area contributed by atoms with Gasteiger partial charge in [-0.1, -0.05) is 0 Å². The van der Waals surface area contributed by atoms with Crippen molar-refractivity contribution in [3.8, 4) is 0 Å². The highest BCUT2D eigenvalue weighted by molar-refractivity contribution is 7.19. The van der Waals surface area contributed by atoms with Gasteiger partial charge in [-0.2, -0.15) is 0 Å². The van der Waals surface area contributed by atoms with Gasteiger partial charge in [-0.15, -0.1) is 11.3 Å². The van der Waals surface area contributed by atoms with Crippen LogP contribution in [0.3, 0.4) is 0 Å². The van der Waals surface area contributed by atoms with Crippen molar-refractivity contribution in [1.29, 1.82) is 0 Å². The molecular weight excluding hydrogens is 332 g/mol. The normalized spacial score (nSPS) is 27.5. The van der Waals surface area contributed by atoms with Crippen LogP contribution in [0.2, 0.25) is 0 Å². The fraction of sp³-hybridized carbons (Fsp3) is 0.684. The first kappa shape index (κ1) is 16.0. The highest BCUT2D eigenvalue weighted by atomic mass is 32.1. The van der Waals surface area contributed by atoms with Crippen LogP contribution in [-0.4, -0.2) is 53.3 Å². The lowest BCUT2D eigenvalue weighted by atomic mass is 9.90. The summed E-state index contributed by atoms with van der Waals surface area (Å²) in [6.07, 6.45) is 10.5. The van der Waals surface area contributed by atoms with E-state index in [9.17, 15) is 0 Å². The molecule has 1 aliphatic heterocycles. The Bertz CT molecular complexity index is 747. The molecule has 134 valence electrons. The van der Waals surface area contributed by atoms with E-state index in [1.807, 2.05) is 11.3 Å².